The van der Waals surface area contributed by atoms with E-state index in [0.717, 1.165) is 4.88 Å². The summed E-state index contributed by atoms with van der Waals surface area (Å²) < 4.78 is 6.61. The number of nitro groups is 1. The Kier molecular flexibility index (Phi) is 3.25. The first-order valence-corrected chi connectivity index (χ1v) is 6.64. The fraction of sp³-hybridized carbons (Fsp3) is 0.182. The zero-order valence-electron chi connectivity index (χ0n) is 10.2. The lowest BCUT2D eigenvalue weighted by atomic mass is 10.4. The van der Waals surface area contributed by atoms with Gasteiger partial charge in [0.2, 0.25) is 11.7 Å². The number of aromatic nitrogens is 4. The van der Waals surface area contributed by atoms with Crippen molar-refractivity contribution in [1.29, 1.82) is 0 Å². The highest BCUT2D eigenvalue weighted by Gasteiger charge is 2.13. The van der Waals surface area contributed by atoms with Crippen molar-refractivity contribution in [1.82, 2.24) is 19.9 Å². The molecule has 0 unspecified atom stereocenters. The van der Waals surface area contributed by atoms with Gasteiger partial charge in [-0.15, -0.1) is 11.3 Å². The van der Waals surface area contributed by atoms with Crippen LogP contribution in [0.1, 0.15) is 5.89 Å². The molecule has 20 heavy (non-hydrogen) atoms. The largest absolute Gasteiger partial charge is 0.389 e. The van der Waals surface area contributed by atoms with Gasteiger partial charge < -0.3 is 14.6 Å². The fourth-order valence-electron chi connectivity index (χ4n) is 1.65. The van der Waals surface area contributed by atoms with Crippen LogP contribution in [0, 0.1) is 10.1 Å². The number of rotatable bonds is 5. The van der Waals surface area contributed by atoms with Crippen LogP contribution in [0.2, 0.25) is 0 Å². The van der Waals surface area contributed by atoms with E-state index in [2.05, 4.69) is 15.2 Å². The number of hydrogen-bond donors (Lipinski definition) is 0. The first-order chi connectivity index (χ1) is 9.72. The Morgan fingerprint density at radius 1 is 1.45 bits per heavy atom. The molecule has 0 atom stereocenters. The second-order valence-corrected chi connectivity index (χ2v) is 4.88. The van der Waals surface area contributed by atoms with Gasteiger partial charge in [-0.3, -0.25) is 0 Å². The standard InChI is InChI=1S/C11H9N5O3S/c17-16(18)9-3-5-15(13-9)6-4-10-12-11(14-19-10)8-2-1-7-20-8/h1-3,5,7H,4,6H2. The molecule has 9 heteroatoms. The molecule has 3 aromatic rings. The van der Waals surface area contributed by atoms with Crippen molar-refractivity contribution in [3.8, 4) is 10.7 Å². The maximum atomic E-state index is 10.5. The molecule has 0 saturated heterocycles. The Bertz CT molecular complexity index is 718. The molecule has 0 N–H and O–H groups in total. The highest BCUT2D eigenvalue weighted by atomic mass is 32.1. The fourth-order valence-corrected chi connectivity index (χ4v) is 2.29. The second kappa shape index (κ2) is 5.21. The molecule has 0 saturated carbocycles. The van der Waals surface area contributed by atoms with E-state index in [1.54, 1.807) is 6.20 Å². The first-order valence-electron chi connectivity index (χ1n) is 5.77. The van der Waals surface area contributed by atoms with Crippen molar-refractivity contribution >= 4 is 17.2 Å². The summed E-state index contributed by atoms with van der Waals surface area (Å²) in [6.07, 6.45) is 2.02. The molecule has 0 fully saturated rings. The highest BCUT2D eigenvalue weighted by Crippen LogP contribution is 2.21. The van der Waals surface area contributed by atoms with Gasteiger partial charge >= 0.3 is 5.82 Å². The van der Waals surface area contributed by atoms with Crippen LogP contribution in [-0.2, 0) is 13.0 Å². The van der Waals surface area contributed by atoms with Crippen LogP contribution >= 0.6 is 11.3 Å². The third kappa shape index (κ3) is 2.57. The molecule has 0 aromatic carbocycles. The highest BCUT2D eigenvalue weighted by molar-refractivity contribution is 7.13. The SMILES string of the molecule is O=[N+]([O-])c1ccn(CCc2nc(-c3cccs3)no2)n1. The van der Waals surface area contributed by atoms with Crippen LogP contribution in [0.4, 0.5) is 5.82 Å². The zero-order valence-corrected chi connectivity index (χ0v) is 11.0. The minimum absolute atomic E-state index is 0.171. The average Bonchev–Trinajstić information content (AvgIpc) is 3.17. The van der Waals surface area contributed by atoms with Crippen LogP contribution in [0.15, 0.2) is 34.3 Å². The Hall–Kier alpha value is -2.55. The van der Waals surface area contributed by atoms with Gasteiger partial charge in [0, 0.05) is 6.42 Å². The molecule has 0 aliphatic carbocycles. The molecule has 0 radical (unpaired) electrons. The van der Waals surface area contributed by atoms with E-state index in [1.165, 1.54) is 22.1 Å². The molecule has 0 aliphatic heterocycles. The smallest absolute Gasteiger partial charge is 0.358 e. The number of aryl methyl sites for hydroxylation is 2. The van der Waals surface area contributed by atoms with E-state index < -0.39 is 4.92 Å². The quantitative estimate of drug-likeness (QED) is 0.527. The van der Waals surface area contributed by atoms with Gasteiger partial charge in [0.05, 0.1) is 28.8 Å². The number of thiophene rings is 1. The lowest BCUT2D eigenvalue weighted by Crippen LogP contribution is -2.03. The summed E-state index contributed by atoms with van der Waals surface area (Å²) >= 11 is 1.53. The van der Waals surface area contributed by atoms with Gasteiger partial charge in [-0.2, -0.15) is 9.67 Å². The molecule has 0 bridgehead atoms. The van der Waals surface area contributed by atoms with E-state index in [1.807, 2.05) is 17.5 Å². The molecule has 0 aliphatic rings. The lowest BCUT2D eigenvalue weighted by molar-refractivity contribution is -0.389. The Balaban J connectivity index is 1.65. The Morgan fingerprint density at radius 3 is 3.05 bits per heavy atom. The topological polar surface area (TPSA) is 99.9 Å². The van der Waals surface area contributed by atoms with Crippen molar-refractivity contribution < 1.29 is 9.45 Å². The lowest BCUT2D eigenvalue weighted by Gasteiger charge is -1.91. The summed E-state index contributed by atoms with van der Waals surface area (Å²) in [5, 5.41) is 20.2. The Labute approximate surface area is 116 Å². The summed E-state index contributed by atoms with van der Waals surface area (Å²) in [6.45, 7) is 0.444. The molecule has 3 rings (SSSR count). The normalized spacial score (nSPS) is 10.8. The molecular weight excluding hydrogens is 282 g/mol. The number of nitrogens with zero attached hydrogens (tertiary/aromatic N) is 5. The molecule has 8 nitrogen and oxygen atoms in total. The summed E-state index contributed by atoms with van der Waals surface area (Å²) in [4.78, 5) is 15.2. The zero-order chi connectivity index (χ0) is 13.9. The summed E-state index contributed by atoms with van der Waals surface area (Å²) in [7, 11) is 0. The monoisotopic (exact) mass is 291 g/mol. The van der Waals surface area contributed by atoms with Crippen LogP contribution in [0.25, 0.3) is 10.7 Å². The minimum Gasteiger partial charge on any atom is -0.358 e. The Morgan fingerprint density at radius 2 is 2.35 bits per heavy atom. The average molecular weight is 291 g/mol. The van der Waals surface area contributed by atoms with Gasteiger partial charge in [-0.25, -0.2) is 0 Å². The van der Waals surface area contributed by atoms with Crippen LogP contribution in [0.5, 0.6) is 0 Å². The molecule has 3 heterocycles. The van der Waals surface area contributed by atoms with Crippen molar-refractivity contribution in [2.45, 2.75) is 13.0 Å². The van der Waals surface area contributed by atoms with Gasteiger partial charge in [0.1, 0.15) is 0 Å². The first kappa shape index (κ1) is 12.5. The minimum atomic E-state index is -0.530. The molecule has 3 aromatic heterocycles. The molecule has 102 valence electrons. The van der Waals surface area contributed by atoms with E-state index in [-0.39, 0.29) is 5.82 Å². The van der Waals surface area contributed by atoms with Crippen molar-refractivity contribution in [2.24, 2.45) is 0 Å². The predicted octanol–water partition coefficient (Wildman–Crippen LogP) is 2.15. The van der Waals surface area contributed by atoms with E-state index in [0.29, 0.717) is 24.7 Å². The van der Waals surface area contributed by atoms with Crippen molar-refractivity contribution in [2.75, 3.05) is 0 Å². The molecule has 0 amide bonds. The van der Waals surface area contributed by atoms with Crippen molar-refractivity contribution in [3.05, 3.63) is 45.8 Å². The predicted molar refractivity (Wildman–Crippen MR) is 70.2 cm³/mol. The van der Waals surface area contributed by atoms with Crippen LogP contribution in [-0.4, -0.2) is 24.8 Å². The van der Waals surface area contributed by atoms with Gasteiger partial charge in [-0.05, 0) is 16.4 Å². The van der Waals surface area contributed by atoms with Gasteiger partial charge in [0.15, 0.2) is 0 Å². The number of hydrogen-bond acceptors (Lipinski definition) is 7. The van der Waals surface area contributed by atoms with E-state index in [9.17, 15) is 10.1 Å². The summed E-state index contributed by atoms with van der Waals surface area (Å²) in [5.41, 5.74) is 0. The maximum Gasteiger partial charge on any atom is 0.389 e. The van der Waals surface area contributed by atoms with Crippen LogP contribution in [0.3, 0.4) is 0 Å². The summed E-state index contributed by atoms with van der Waals surface area (Å²) in [6, 6.07) is 5.18. The van der Waals surface area contributed by atoms with E-state index >= 15 is 0 Å². The van der Waals surface area contributed by atoms with E-state index in [4.69, 9.17) is 4.52 Å². The molecule has 0 spiro atoms. The molecular formula is C11H9N5O3S. The third-order valence-electron chi connectivity index (χ3n) is 2.58. The van der Waals surface area contributed by atoms with Crippen LogP contribution < -0.4 is 0 Å². The van der Waals surface area contributed by atoms with Gasteiger partial charge in [-0.1, -0.05) is 11.2 Å². The van der Waals surface area contributed by atoms with Gasteiger partial charge in [0.25, 0.3) is 0 Å². The second-order valence-electron chi connectivity index (χ2n) is 3.93. The van der Waals surface area contributed by atoms with Crippen molar-refractivity contribution in [3.63, 3.8) is 0 Å². The summed E-state index contributed by atoms with van der Waals surface area (Å²) in [5.74, 6) is 0.864. The third-order valence-corrected chi connectivity index (χ3v) is 3.44. The maximum absolute atomic E-state index is 10.5.